The van der Waals surface area contributed by atoms with Crippen molar-refractivity contribution in [2.24, 2.45) is 5.41 Å². The van der Waals surface area contributed by atoms with Gasteiger partial charge < -0.3 is 10.4 Å². The third kappa shape index (κ3) is 4.05. The Morgan fingerprint density at radius 3 is 2.47 bits per heavy atom. The van der Waals surface area contributed by atoms with E-state index in [2.05, 4.69) is 56.6 Å². The van der Waals surface area contributed by atoms with Gasteiger partial charge in [0.05, 0.1) is 5.69 Å². The second-order valence-electron chi connectivity index (χ2n) is 6.14. The average molecular weight is 267 g/mol. The summed E-state index contributed by atoms with van der Waals surface area (Å²) in [5, 5.41) is 17.2. The van der Waals surface area contributed by atoms with Gasteiger partial charge in [0, 0.05) is 37.0 Å². The molecule has 4 nitrogen and oxygen atoms in total. The van der Waals surface area contributed by atoms with E-state index in [4.69, 9.17) is 5.11 Å². The Hall–Kier alpha value is -0.870. The Morgan fingerprint density at radius 1 is 1.37 bits per heavy atom. The van der Waals surface area contributed by atoms with Crippen molar-refractivity contribution in [2.45, 2.75) is 60.5 Å². The Balaban J connectivity index is 2.73. The maximum absolute atomic E-state index is 9.07. The van der Waals surface area contributed by atoms with Gasteiger partial charge in [0.15, 0.2) is 0 Å². The van der Waals surface area contributed by atoms with E-state index in [0.717, 1.165) is 25.2 Å². The highest BCUT2D eigenvalue weighted by Gasteiger charge is 2.21. The summed E-state index contributed by atoms with van der Waals surface area (Å²) in [5.41, 5.74) is 3.78. The molecule has 0 saturated heterocycles. The third-order valence-electron chi connectivity index (χ3n) is 3.85. The molecule has 1 atom stereocenters. The zero-order chi connectivity index (χ0) is 14.6. The molecule has 0 aliphatic carbocycles. The number of aliphatic hydroxyl groups is 1. The molecule has 0 spiro atoms. The van der Waals surface area contributed by atoms with Crippen LogP contribution in [0.15, 0.2) is 0 Å². The molecule has 1 unspecified atom stereocenters. The van der Waals surface area contributed by atoms with Crippen molar-refractivity contribution in [2.75, 3.05) is 13.2 Å². The van der Waals surface area contributed by atoms with Crippen LogP contribution in [0.25, 0.3) is 0 Å². The van der Waals surface area contributed by atoms with Gasteiger partial charge in [0.2, 0.25) is 0 Å². The predicted octanol–water partition coefficient (Wildman–Crippen LogP) is 2.58. The monoisotopic (exact) mass is 267 g/mol. The fourth-order valence-corrected chi connectivity index (χ4v) is 2.57. The van der Waals surface area contributed by atoms with Gasteiger partial charge in [0.1, 0.15) is 0 Å². The first kappa shape index (κ1) is 16.2. The van der Waals surface area contributed by atoms with Gasteiger partial charge in [-0.15, -0.1) is 0 Å². The van der Waals surface area contributed by atoms with Gasteiger partial charge in [-0.25, -0.2) is 0 Å². The van der Waals surface area contributed by atoms with Gasteiger partial charge in [-0.2, -0.15) is 5.10 Å². The number of nitrogens with one attached hydrogen (secondary N) is 1. The van der Waals surface area contributed by atoms with Crippen LogP contribution >= 0.6 is 0 Å². The van der Waals surface area contributed by atoms with E-state index >= 15 is 0 Å². The van der Waals surface area contributed by atoms with Crippen LogP contribution in [0.2, 0.25) is 0 Å². The van der Waals surface area contributed by atoms with E-state index in [1.807, 2.05) is 0 Å². The molecular weight excluding hydrogens is 238 g/mol. The molecule has 110 valence electrons. The minimum atomic E-state index is 0.117. The second kappa shape index (κ2) is 6.53. The predicted molar refractivity (Wildman–Crippen MR) is 79.3 cm³/mol. The minimum Gasteiger partial charge on any atom is -0.396 e. The van der Waals surface area contributed by atoms with E-state index in [0.29, 0.717) is 6.04 Å². The molecule has 1 aromatic rings. The molecule has 0 aliphatic heterocycles. The number of nitrogens with zero attached hydrogens (tertiary/aromatic N) is 2. The van der Waals surface area contributed by atoms with Crippen LogP contribution in [-0.4, -0.2) is 28.0 Å². The van der Waals surface area contributed by atoms with Crippen LogP contribution < -0.4 is 5.32 Å². The van der Waals surface area contributed by atoms with Crippen molar-refractivity contribution < 1.29 is 5.11 Å². The summed E-state index contributed by atoms with van der Waals surface area (Å²) in [7, 11) is 0. The third-order valence-corrected chi connectivity index (χ3v) is 3.85. The molecule has 0 bridgehead atoms. The van der Waals surface area contributed by atoms with Gasteiger partial charge in [-0.05, 0) is 39.5 Å². The first-order valence-electron chi connectivity index (χ1n) is 7.20. The van der Waals surface area contributed by atoms with E-state index < -0.39 is 0 Å². The highest BCUT2D eigenvalue weighted by molar-refractivity contribution is 5.27. The topological polar surface area (TPSA) is 50.1 Å². The molecule has 0 fully saturated rings. The lowest BCUT2D eigenvalue weighted by molar-refractivity contribution is 0.203. The molecule has 0 amide bonds. The largest absolute Gasteiger partial charge is 0.396 e. The van der Waals surface area contributed by atoms with Crippen LogP contribution in [0.3, 0.4) is 0 Å². The Kier molecular flexibility index (Phi) is 5.56. The van der Waals surface area contributed by atoms with E-state index in [-0.39, 0.29) is 12.0 Å². The molecule has 19 heavy (non-hydrogen) atoms. The number of aliphatic hydroxyl groups excluding tert-OH is 1. The summed E-state index contributed by atoms with van der Waals surface area (Å²) in [6.45, 7) is 14.9. The quantitative estimate of drug-likeness (QED) is 0.798. The van der Waals surface area contributed by atoms with Gasteiger partial charge in [-0.1, -0.05) is 13.8 Å². The van der Waals surface area contributed by atoms with Crippen LogP contribution in [0.1, 0.15) is 57.1 Å². The van der Waals surface area contributed by atoms with Crippen molar-refractivity contribution in [3.05, 3.63) is 17.0 Å². The normalized spacial score (nSPS) is 13.8. The van der Waals surface area contributed by atoms with E-state index in [1.54, 1.807) is 0 Å². The molecule has 0 aromatic carbocycles. The first-order chi connectivity index (χ1) is 8.82. The van der Waals surface area contributed by atoms with Crippen molar-refractivity contribution >= 4 is 0 Å². The summed E-state index contributed by atoms with van der Waals surface area (Å²) in [5.74, 6) is 0. The lowest BCUT2D eigenvalue weighted by atomic mass is 9.89. The molecule has 1 rings (SSSR count). The van der Waals surface area contributed by atoms with Crippen LogP contribution in [0, 0.1) is 19.3 Å². The van der Waals surface area contributed by atoms with E-state index in [9.17, 15) is 0 Å². The van der Waals surface area contributed by atoms with Gasteiger partial charge in [-0.3, -0.25) is 4.68 Å². The van der Waals surface area contributed by atoms with Crippen molar-refractivity contribution in [3.63, 3.8) is 0 Å². The highest BCUT2D eigenvalue weighted by atomic mass is 16.3. The lowest BCUT2D eigenvalue weighted by Gasteiger charge is -2.26. The average Bonchev–Trinajstić information content (AvgIpc) is 2.61. The van der Waals surface area contributed by atoms with Crippen LogP contribution in [0.5, 0.6) is 0 Å². The summed E-state index contributed by atoms with van der Waals surface area (Å²) < 4.78 is 2.06. The number of aryl methyl sites for hydroxylation is 2. The zero-order valence-electron chi connectivity index (χ0n) is 13.2. The summed E-state index contributed by atoms with van der Waals surface area (Å²) in [6.07, 6.45) is 0.818. The molecular formula is C15H29N3O. The summed E-state index contributed by atoms with van der Waals surface area (Å²) in [6, 6.07) is 0.290. The van der Waals surface area contributed by atoms with Crippen LogP contribution in [-0.2, 0) is 6.54 Å². The minimum absolute atomic E-state index is 0.117. The summed E-state index contributed by atoms with van der Waals surface area (Å²) >= 11 is 0. The molecule has 0 aliphatic rings. The molecule has 0 saturated carbocycles. The first-order valence-corrected chi connectivity index (χ1v) is 7.20. The van der Waals surface area contributed by atoms with Gasteiger partial charge >= 0.3 is 0 Å². The zero-order valence-corrected chi connectivity index (χ0v) is 13.2. The van der Waals surface area contributed by atoms with Crippen molar-refractivity contribution in [1.82, 2.24) is 15.1 Å². The smallest absolute Gasteiger partial charge is 0.0644 e. The highest BCUT2D eigenvalue weighted by Crippen LogP contribution is 2.24. The van der Waals surface area contributed by atoms with Crippen molar-refractivity contribution in [1.29, 1.82) is 0 Å². The lowest BCUT2D eigenvalue weighted by Crippen LogP contribution is -2.32. The maximum atomic E-state index is 9.07. The Labute approximate surface area is 117 Å². The number of hydrogen-bond donors (Lipinski definition) is 2. The molecule has 2 N–H and O–H groups in total. The van der Waals surface area contributed by atoms with Crippen molar-refractivity contribution in [3.8, 4) is 0 Å². The Bertz CT molecular complexity index is 410. The fourth-order valence-electron chi connectivity index (χ4n) is 2.57. The molecule has 1 aromatic heterocycles. The standard InChI is InChI=1S/C15H29N3O/c1-7-18-13(4)14(12(3)17-18)11(2)16-10-15(5,6)8-9-19/h11,16,19H,7-10H2,1-6H3. The Morgan fingerprint density at radius 2 is 2.00 bits per heavy atom. The van der Waals surface area contributed by atoms with E-state index in [1.165, 1.54) is 11.3 Å². The summed E-state index contributed by atoms with van der Waals surface area (Å²) in [4.78, 5) is 0. The SMILES string of the molecule is CCn1nc(C)c(C(C)NCC(C)(C)CCO)c1C. The number of rotatable bonds is 7. The van der Waals surface area contributed by atoms with Gasteiger partial charge in [0.25, 0.3) is 0 Å². The molecule has 0 radical (unpaired) electrons. The fraction of sp³-hybridized carbons (Fsp3) is 0.800. The number of aromatic nitrogens is 2. The van der Waals surface area contributed by atoms with Crippen LogP contribution in [0.4, 0.5) is 0 Å². The second-order valence-corrected chi connectivity index (χ2v) is 6.14. The maximum Gasteiger partial charge on any atom is 0.0644 e. The number of hydrogen-bond acceptors (Lipinski definition) is 3. The molecule has 1 heterocycles. The molecule has 4 heteroatoms.